The van der Waals surface area contributed by atoms with E-state index in [1.807, 2.05) is 0 Å². The lowest BCUT2D eigenvalue weighted by molar-refractivity contribution is -0.149. The highest BCUT2D eigenvalue weighted by Gasteiger charge is 2.42. The predicted molar refractivity (Wildman–Crippen MR) is 64.2 cm³/mol. The van der Waals surface area contributed by atoms with Crippen LogP contribution in [0.1, 0.15) is 11.5 Å². The summed E-state index contributed by atoms with van der Waals surface area (Å²) >= 11 is 0. The number of carbonyl (C=O) groups excluding carboxylic acids is 2. The van der Waals surface area contributed by atoms with Crippen molar-refractivity contribution in [3.8, 4) is 5.75 Å². The molecule has 6 heteroatoms. The van der Waals surface area contributed by atoms with Crippen LogP contribution in [0.15, 0.2) is 18.2 Å². The lowest BCUT2D eigenvalue weighted by Crippen LogP contribution is -2.28. The van der Waals surface area contributed by atoms with Gasteiger partial charge in [-0.2, -0.15) is 0 Å². The minimum atomic E-state index is -0.933. The van der Waals surface area contributed by atoms with Crippen LogP contribution in [0.2, 0.25) is 0 Å². The van der Waals surface area contributed by atoms with Gasteiger partial charge in [0.2, 0.25) is 5.91 Å². The highest BCUT2D eigenvalue weighted by molar-refractivity contribution is 6.00. The molecule has 2 atom stereocenters. The molecule has 19 heavy (non-hydrogen) atoms. The molecule has 0 spiro atoms. The van der Waals surface area contributed by atoms with Crippen LogP contribution in [0.5, 0.6) is 5.75 Å². The zero-order chi connectivity index (χ0) is 14.0. The third-order valence-electron chi connectivity index (χ3n) is 3.24. The Morgan fingerprint density at radius 2 is 2.16 bits per heavy atom. The minimum absolute atomic E-state index is 0.121. The Morgan fingerprint density at radius 1 is 1.42 bits per heavy atom. The number of nitrogens with one attached hydrogen (secondary N) is 1. The van der Waals surface area contributed by atoms with E-state index in [4.69, 9.17) is 4.74 Å². The number of benzene rings is 1. The van der Waals surface area contributed by atoms with E-state index in [-0.39, 0.29) is 12.3 Å². The van der Waals surface area contributed by atoms with Crippen molar-refractivity contribution in [1.29, 1.82) is 0 Å². The molecule has 0 saturated carbocycles. The van der Waals surface area contributed by atoms with Crippen LogP contribution in [-0.2, 0) is 14.3 Å². The largest absolute Gasteiger partial charge is 0.494 e. The van der Waals surface area contributed by atoms with Gasteiger partial charge in [-0.15, -0.1) is 0 Å². The third kappa shape index (κ3) is 2.38. The second kappa shape index (κ2) is 5.26. The molecule has 0 aromatic heterocycles. The first-order valence-corrected chi connectivity index (χ1v) is 5.77. The standard InChI is InChI=1S/C13H14FNO4/c1-18-10-4-3-7(5-9(10)14)8-6-15-12(16)11(8)13(17)19-2/h3-5,8,11H,6H2,1-2H3,(H,15,16)/t8-,11?/m0/s1. The number of halogens is 1. The van der Waals surface area contributed by atoms with E-state index in [9.17, 15) is 14.0 Å². The van der Waals surface area contributed by atoms with E-state index in [0.717, 1.165) is 0 Å². The monoisotopic (exact) mass is 267 g/mol. The number of amides is 1. The lowest BCUT2D eigenvalue weighted by atomic mass is 9.88. The Bertz CT molecular complexity index is 517. The summed E-state index contributed by atoms with van der Waals surface area (Å²) in [4.78, 5) is 23.3. The minimum Gasteiger partial charge on any atom is -0.494 e. The fourth-order valence-electron chi connectivity index (χ4n) is 2.24. The van der Waals surface area contributed by atoms with Crippen molar-refractivity contribution in [3.05, 3.63) is 29.6 Å². The molecular formula is C13H14FNO4. The predicted octanol–water partition coefficient (Wildman–Crippen LogP) is 0.837. The molecule has 0 bridgehead atoms. The lowest BCUT2D eigenvalue weighted by Gasteiger charge is -2.15. The molecule has 1 unspecified atom stereocenters. The number of rotatable bonds is 3. The molecule has 1 fully saturated rings. The Kier molecular flexibility index (Phi) is 3.69. The van der Waals surface area contributed by atoms with Crippen LogP contribution in [-0.4, -0.2) is 32.6 Å². The second-order valence-corrected chi connectivity index (χ2v) is 4.25. The molecular weight excluding hydrogens is 253 g/mol. The van der Waals surface area contributed by atoms with Gasteiger partial charge in [0.15, 0.2) is 11.6 Å². The molecule has 1 heterocycles. The summed E-state index contributed by atoms with van der Waals surface area (Å²) in [6.07, 6.45) is 0. The Balaban J connectivity index is 2.32. The number of hydrogen-bond acceptors (Lipinski definition) is 4. The van der Waals surface area contributed by atoms with Crippen molar-refractivity contribution < 1.29 is 23.5 Å². The summed E-state index contributed by atoms with van der Waals surface area (Å²) in [5.41, 5.74) is 0.562. The van der Waals surface area contributed by atoms with Crippen molar-refractivity contribution in [3.63, 3.8) is 0 Å². The maximum atomic E-state index is 13.7. The summed E-state index contributed by atoms with van der Waals surface area (Å²) in [6.45, 7) is 0.282. The molecule has 0 aliphatic carbocycles. The van der Waals surface area contributed by atoms with Crippen LogP contribution in [0.3, 0.4) is 0 Å². The molecule has 1 aliphatic rings. The van der Waals surface area contributed by atoms with Gasteiger partial charge in [0.05, 0.1) is 14.2 Å². The van der Waals surface area contributed by atoms with Crippen LogP contribution >= 0.6 is 0 Å². The molecule has 0 radical (unpaired) electrons. The summed E-state index contributed by atoms with van der Waals surface area (Å²) in [7, 11) is 2.59. The Hall–Kier alpha value is -2.11. The molecule has 5 nitrogen and oxygen atoms in total. The quantitative estimate of drug-likeness (QED) is 0.651. The first kappa shape index (κ1) is 13.3. The number of carbonyl (C=O) groups is 2. The highest BCUT2D eigenvalue weighted by Crippen LogP contribution is 2.32. The molecule has 1 aliphatic heterocycles. The van der Waals surface area contributed by atoms with Crippen molar-refractivity contribution in [1.82, 2.24) is 5.32 Å². The van der Waals surface area contributed by atoms with Gasteiger partial charge >= 0.3 is 5.97 Å². The molecule has 2 rings (SSSR count). The van der Waals surface area contributed by atoms with Gasteiger partial charge in [0.25, 0.3) is 0 Å². The summed E-state index contributed by atoms with van der Waals surface area (Å²) in [5.74, 6) is -2.78. The van der Waals surface area contributed by atoms with Crippen molar-refractivity contribution >= 4 is 11.9 Å². The highest BCUT2D eigenvalue weighted by atomic mass is 19.1. The van der Waals surface area contributed by atoms with Crippen LogP contribution in [0.4, 0.5) is 4.39 Å². The van der Waals surface area contributed by atoms with Gasteiger partial charge < -0.3 is 14.8 Å². The summed E-state index contributed by atoms with van der Waals surface area (Å²) in [5, 5.41) is 2.59. The first-order chi connectivity index (χ1) is 9.08. The average Bonchev–Trinajstić information content (AvgIpc) is 2.79. The van der Waals surface area contributed by atoms with Crippen LogP contribution < -0.4 is 10.1 Å². The SMILES string of the molecule is COC(=O)C1C(=O)NC[C@H]1c1ccc(OC)c(F)c1. The van der Waals surface area contributed by atoms with Crippen LogP contribution in [0.25, 0.3) is 0 Å². The zero-order valence-corrected chi connectivity index (χ0v) is 10.6. The normalized spacial score (nSPS) is 21.9. The number of methoxy groups -OCH3 is 2. The molecule has 1 amide bonds. The third-order valence-corrected chi connectivity index (χ3v) is 3.24. The van der Waals surface area contributed by atoms with Gasteiger partial charge in [0, 0.05) is 12.5 Å². The number of ether oxygens (including phenoxy) is 2. The second-order valence-electron chi connectivity index (χ2n) is 4.25. The van der Waals surface area contributed by atoms with E-state index in [2.05, 4.69) is 10.1 Å². The van der Waals surface area contributed by atoms with Gasteiger partial charge in [-0.25, -0.2) is 4.39 Å². The molecule has 1 aromatic carbocycles. The van der Waals surface area contributed by atoms with Gasteiger partial charge in [-0.05, 0) is 17.7 Å². The van der Waals surface area contributed by atoms with Crippen molar-refractivity contribution in [2.75, 3.05) is 20.8 Å². The van der Waals surface area contributed by atoms with Crippen molar-refractivity contribution in [2.24, 2.45) is 5.92 Å². The van der Waals surface area contributed by atoms with Gasteiger partial charge in [-0.3, -0.25) is 9.59 Å². The fraction of sp³-hybridized carbons (Fsp3) is 0.385. The Morgan fingerprint density at radius 3 is 2.74 bits per heavy atom. The molecule has 1 N–H and O–H groups in total. The van der Waals surface area contributed by atoms with E-state index < -0.39 is 29.5 Å². The average molecular weight is 267 g/mol. The maximum Gasteiger partial charge on any atom is 0.318 e. The molecule has 1 aromatic rings. The fourth-order valence-corrected chi connectivity index (χ4v) is 2.24. The molecule has 102 valence electrons. The number of esters is 1. The summed E-state index contributed by atoms with van der Waals surface area (Å²) in [6, 6.07) is 4.39. The van der Waals surface area contributed by atoms with Crippen molar-refractivity contribution in [2.45, 2.75) is 5.92 Å². The smallest absolute Gasteiger partial charge is 0.318 e. The number of hydrogen-bond donors (Lipinski definition) is 1. The van der Waals surface area contributed by atoms with E-state index in [1.165, 1.54) is 26.4 Å². The maximum absolute atomic E-state index is 13.7. The molecule has 1 saturated heterocycles. The van der Waals surface area contributed by atoms with Gasteiger partial charge in [-0.1, -0.05) is 6.07 Å². The van der Waals surface area contributed by atoms with E-state index >= 15 is 0 Å². The summed E-state index contributed by atoms with van der Waals surface area (Å²) < 4.78 is 23.1. The topological polar surface area (TPSA) is 64.6 Å². The Labute approximate surface area is 109 Å². The van der Waals surface area contributed by atoms with Crippen LogP contribution in [0, 0.1) is 11.7 Å². The first-order valence-electron chi connectivity index (χ1n) is 5.77. The van der Waals surface area contributed by atoms with Gasteiger partial charge in [0.1, 0.15) is 5.92 Å². The zero-order valence-electron chi connectivity index (χ0n) is 10.6. The van der Waals surface area contributed by atoms with E-state index in [1.54, 1.807) is 6.07 Å². The van der Waals surface area contributed by atoms with E-state index in [0.29, 0.717) is 5.56 Å².